The first-order valence-corrected chi connectivity index (χ1v) is 11.1. The second-order valence-electron chi connectivity index (χ2n) is 6.54. The topological polar surface area (TPSA) is 12.9 Å². The van der Waals surface area contributed by atoms with Crippen LogP contribution in [0.15, 0.2) is 66.9 Å². The number of hydrogen-bond donors (Lipinski definition) is 0. The summed E-state index contributed by atoms with van der Waals surface area (Å²) < 4.78 is 0. The molecule has 0 bridgehead atoms. The molecule has 3 aromatic rings. The van der Waals surface area contributed by atoms with Crippen LogP contribution in [0.4, 0.5) is 0 Å². The minimum absolute atomic E-state index is 0. The van der Waals surface area contributed by atoms with Gasteiger partial charge in [-0.3, -0.25) is 0 Å². The maximum atomic E-state index is 4.57. The van der Waals surface area contributed by atoms with E-state index in [2.05, 4.69) is 67.1 Å². The van der Waals surface area contributed by atoms with Gasteiger partial charge in [-0.1, -0.05) is 61.2 Å². The van der Waals surface area contributed by atoms with E-state index in [1.54, 1.807) is 0 Å². The Morgan fingerprint density at radius 1 is 0.826 bits per heavy atom. The van der Waals surface area contributed by atoms with Gasteiger partial charge in [0.15, 0.2) is 0 Å². The van der Waals surface area contributed by atoms with Gasteiger partial charge in [0, 0.05) is 26.3 Å². The first-order valence-electron chi connectivity index (χ1n) is 7.58. The summed E-state index contributed by atoms with van der Waals surface area (Å²) in [4.78, 5) is 4.57. The van der Waals surface area contributed by atoms with E-state index < -0.39 is 8.07 Å². The van der Waals surface area contributed by atoms with E-state index in [-0.39, 0.29) is 20.1 Å². The number of hydrogen-bond acceptors (Lipinski definition) is 1. The van der Waals surface area contributed by atoms with Gasteiger partial charge in [0.25, 0.3) is 0 Å². The second kappa shape index (κ2) is 7.35. The van der Waals surface area contributed by atoms with Crippen LogP contribution >= 0.6 is 0 Å². The van der Waals surface area contributed by atoms with Crippen LogP contribution in [0, 0.1) is 6.07 Å². The zero-order valence-electron chi connectivity index (χ0n) is 13.6. The zero-order chi connectivity index (χ0) is 15.6. The van der Waals surface area contributed by atoms with Crippen LogP contribution in [0.3, 0.4) is 0 Å². The normalized spacial score (nSPS) is 10.9. The average Bonchev–Trinajstić information content (AvgIpc) is 2.55. The Morgan fingerprint density at radius 2 is 1.52 bits per heavy atom. The second-order valence-corrected chi connectivity index (χ2v) is 11.6. The maximum absolute atomic E-state index is 4.57. The molecule has 0 aliphatic carbocycles. The molecule has 0 amide bonds. The monoisotopic (exact) mass is 495 g/mol. The van der Waals surface area contributed by atoms with Gasteiger partial charge in [-0.2, -0.15) is 0 Å². The van der Waals surface area contributed by atoms with Crippen LogP contribution in [0.2, 0.25) is 19.6 Å². The van der Waals surface area contributed by atoms with Crippen molar-refractivity contribution in [3.8, 4) is 22.4 Å². The molecule has 3 rings (SSSR count). The van der Waals surface area contributed by atoms with Crippen LogP contribution in [-0.4, -0.2) is 13.1 Å². The molecule has 2 aromatic carbocycles. The minimum atomic E-state index is -1.23. The maximum Gasteiger partial charge on any atom is 0.0775 e. The summed E-state index contributed by atoms with van der Waals surface area (Å²) in [7, 11) is -1.23. The van der Waals surface area contributed by atoms with Gasteiger partial charge in [0.1, 0.15) is 0 Å². The van der Waals surface area contributed by atoms with E-state index in [9.17, 15) is 0 Å². The molecule has 0 atom stereocenters. The van der Waals surface area contributed by atoms with Crippen LogP contribution in [0.25, 0.3) is 22.4 Å². The molecule has 3 heteroatoms. The van der Waals surface area contributed by atoms with Gasteiger partial charge in [0.2, 0.25) is 0 Å². The van der Waals surface area contributed by atoms with Crippen molar-refractivity contribution in [3.05, 3.63) is 72.9 Å². The van der Waals surface area contributed by atoms with Crippen molar-refractivity contribution in [2.24, 2.45) is 0 Å². The van der Waals surface area contributed by atoms with E-state index in [4.69, 9.17) is 0 Å². The molecule has 23 heavy (non-hydrogen) atoms. The molecule has 0 unspecified atom stereocenters. The predicted molar refractivity (Wildman–Crippen MR) is 96.9 cm³/mol. The van der Waals surface area contributed by atoms with E-state index in [1.165, 1.54) is 10.8 Å². The van der Waals surface area contributed by atoms with Gasteiger partial charge >= 0.3 is 0 Å². The molecule has 0 saturated carbocycles. The molecule has 0 aliphatic heterocycles. The summed E-state index contributed by atoms with van der Waals surface area (Å²) in [6.45, 7) is 7.11. The Hall–Kier alpha value is -1.54. The molecule has 1 aromatic heterocycles. The fourth-order valence-corrected chi connectivity index (χ4v) is 3.61. The summed E-state index contributed by atoms with van der Waals surface area (Å²) >= 11 is 0. The number of pyridine rings is 1. The molecule has 1 radical (unpaired) electrons. The predicted octanol–water partition coefficient (Wildman–Crippen LogP) is 4.76. The summed E-state index contributed by atoms with van der Waals surface area (Å²) in [5, 5.41) is 1.49. The van der Waals surface area contributed by atoms with E-state index in [0.29, 0.717) is 0 Å². The molecule has 0 saturated heterocycles. The fourth-order valence-electron chi connectivity index (χ4n) is 2.44. The standard InChI is InChI=1S/C20H20NSi.Ir/c1-22(2,3)19-12-9-16(10-13-19)18-11-14-20(21-15-18)17-7-5-4-6-8-17;/h4-7,9-15H,1-3H3;/q-1;. The average molecular weight is 495 g/mol. The van der Waals surface area contributed by atoms with Gasteiger partial charge in [-0.05, 0) is 16.8 Å². The Balaban J connectivity index is 0.00000192. The van der Waals surface area contributed by atoms with Crippen LogP contribution in [-0.2, 0) is 20.1 Å². The smallest absolute Gasteiger partial charge is 0.0775 e. The molecule has 1 heterocycles. The fraction of sp³-hybridized carbons (Fsp3) is 0.150. The Bertz CT molecular complexity index is 744. The summed E-state index contributed by atoms with van der Waals surface area (Å²) in [6, 6.07) is 24.3. The van der Waals surface area contributed by atoms with Crippen molar-refractivity contribution in [2.75, 3.05) is 0 Å². The number of benzene rings is 2. The van der Waals surface area contributed by atoms with Crippen molar-refractivity contribution in [1.82, 2.24) is 4.98 Å². The van der Waals surface area contributed by atoms with Crippen molar-refractivity contribution in [2.45, 2.75) is 19.6 Å². The van der Waals surface area contributed by atoms with E-state index >= 15 is 0 Å². The van der Waals surface area contributed by atoms with Crippen molar-refractivity contribution in [3.63, 3.8) is 0 Å². The van der Waals surface area contributed by atoms with Crippen molar-refractivity contribution < 1.29 is 20.1 Å². The quantitative estimate of drug-likeness (QED) is 0.378. The van der Waals surface area contributed by atoms with E-state index in [0.717, 1.165) is 16.8 Å². The van der Waals surface area contributed by atoms with Gasteiger partial charge in [-0.25, -0.2) is 0 Å². The molecule has 0 N–H and O–H groups in total. The summed E-state index contributed by atoms with van der Waals surface area (Å²) in [6.07, 6.45) is 1.94. The summed E-state index contributed by atoms with van der Waals surface area (Å²) in [5.41, 5.74) is 4.37. The number of rotatable bonds is 3. The van der Waals surface area contributed by atoms with Gasteiger partial charge < -0.3 is 4.98 Å². The Kier molecular flexibility index (Phi) is 5.69. The SMILES string of the molecule is C[Si](C)(C)c1ccc(-c2ccc(-c3[c-]cccc3)nc2)cc1.[Ir]. The summed E-state index contributed by atoms with van der Waals surface area (Å²) in [5.74, 6) is 0. The van der Waals surface area contributed by atoms with Crippen molar-refractivity contribution >= 4 is 13.3 Å². The van der Waals surface area contributed by atoms with Crippen LogP contribution < -0.4 is 5.19 Å². The molecule has 0 fully saturated rings. The van der Waals surface area contributed by atoms with Gasteiger partial charge in [-0.15, -0.1) is 35.9 Å². The molecule has 119 valence electrons. The minimum Gasteiger partial charge on any atom is -0.304 e. The van der Waals surface area contributed by atoms with Crippen LogP contribution in [0.5, 0.6) is 0 Å². The Morgan fingerprint density at radius 3 is 2.04 bits per heavy atom. The molecule has 1 nitrogen and oxygen atoms in total. The Labute approximate surface area is 153 Å². The van der Waals surface area contributed by atoms with Gasteiger partial charge in [0.05, 0.1) is 8.07 Å². The largest absolute Gasteiger partial charge is 0.304 e. The first kappa shape index (κ1) is 17.8. The third-order valence-corrected chi connectivity index (χ3v) is 5.90. The van der Waals surface area contributed by atoms with Crippen LogP contribution in [0.1, 0.15) is 0 Å². The molecular weight excluding hydrogens is 475 g/mol. The first-order chi connectivity index (χ1) is 10.5. The zero-order valence-corrected chi connectivity index (χ0v) is 17.0. The van der Waals surface area contributed by atoms with Crippen molar-refractivity contribution in [1.29, 1.82) is 0 Å². The van der Waals surface area contributed by atoms with E-state index in [1.807, 2.05) is 30.5 Å². The molecule has 0 aliphatic rings. The number of nitrogens with zero attached hydrogens (tertiary/aromatic N) is 1. The number of aromatic nitrogens is 1. The third kappa shape index (κ3) is 4.26. The molecule has 0 spiro atoms. The molecular formula is C20H20IrNSi-. The third-order valence-electron chi connectivity index (χ3n) is 3.83.